The smallest absolute Gasteiger partial charge is 0.236 e. The maximum absolute atomic E-state index is 12.2. The summed E-state index contributed by atoms with van der Waals surface area (Å²) >= 11 is 0. The minimum Gasteiger partial charge on any atom is -0.395 e. The Hall–Kier alpha value is -6.02. The maximum atomic E-state index is 12.2. The molecule has 0 aliphatic carbocycles. The van der Waals surface area contributed by atoms with Gasteiger partial charge in [-0.15, -0.1) is 0 Å². The van der Waals surface area contributed by atoms with Crippen LogP contribution in [-0.2, 0) is 22.7 Å². The van der Waals surface area contributed by atoms with Crippen LogP contribution in [0, 0.1) is 13.8 Å². The van der Waals surface area contributed by atoms with Gasteiger partial charge in [0.2, 0.25) is 11.8 Å². The molecule has 13 heteroatoms. The number of anilines is 4. The number of nitrogens with zero attached hydrogens (tertiary/aromatic N) is 5. The molecule has 13 nitrogen and oxygen atoms in total. The molecule has 0 bridgehead atoms. The molecule has 0 atom stereocenters. The predicted octanol–water partition coefficient (Wildman–Crippen LogP) is 4.72. The van der Waals surface area contributed by atoms with Crippen LogP contribution in [-0.4, -0.2) is 82.1 Å². The van der Waals surface area contributed by atoms with Gasteiger partial charge in [-0.05, 0) is 83.6 Å². The molecule has 2 aromatic carbocycles. The Morgan fingerprint density at radius 2 is 1.23 bits per heavy atom. The number of nitrogens with one attached hydrogen (secondary N) is 5. The molecule has 272 valence electrons. The van der Waals surface area contributed by atoms with E-state index >= 15 is 0 Å². The summed E-state index contributed by atoms with van der Waals surface area (Å²) in [5.74, 6) is 1.15. The lowest BCUT2D eigenvalue weighted by molar-refractivity contribution is -0.129. The van der Waals surface area contributed by atoms with E-state index in [-0.39, 0.29) is 31.5 Å². The fourth-order valence-electron chi connectivity index (χ4n) is 6.10. The number of aliphatic hydroxyl groups is 1. The third-order valence-electron chi connectivity index (χ3n) is 9.14. The molecule has 0 saturated heterocycles. The van der Waals surface area contributed by atoms with E-state index in [2.05, 4.69) is 68.6 Å². The number of amides is 2. The molecule has 0 radical (unpaired) electrons. The van der Waals surface area contributed by atoms with Crippen molar-refractivity contribution in [3.8, 4) is 11.1 Å². The average molecular weight is 713 g/mol. The van der Waals surface area contributed by atoms with Crippen LogP contribution in [0.4, 0.5) is 23.0 Å². The van der Waals surface area contributed by atoms with Crippen LogP contribution < -0.4 is 26.6 Å². The van der Waals surface area contributed by atoms with Crippen LogP contribution in [0.5, 0.6) is 0 Å². The summed E-state index contributed by atoms with van der Waals surface area (Å²) in [6.45, 7) is 5.84. The van der Waals surface area contributed by atoms with Gasteiger partial charge in [0.05, 0.1) is 19.7 Å². The third-order valence-corrected chi connectivity index (χ3v) is 9.14. The largest absolute Gasteiger partial charge is 0.395 e. The number of carbonyl (C=O) groups excluding carboxylic acids is 2. The Morgan fingerprint density at radius 3 is 1.72 bits per heavy atom. The van der Waals surface area contributed by atoms with Gasteiger partial charge in [0, 0.05) is 80.7 Å². The number of pyridine rings is 4. The van der Waals surface area contributed by atoms with E-state index in [0.717, 1.165) is 66.6 Å². The molecule has 6 rings (SSSR count). The highest BCUT2D eigenvalue weighted by Crippen LogP contribution is 2.36. The zero-order valence-corrected chi connectivity index (χ0v) is 30.3. The summed E-state index contributed by atoms with van der Waals surface area (Å²) < 4.78 is 0. The van der Waals surface area contributed by atoms with Gasteiger partial charge in [0.15, 0.2) is 11.6 Å². The number of rotatable bonds is 15. The first-order valence-electron chi connectivity index (χ1n) is 17.4. The second-order valence-corrected chi connectivity index (χ2v) is 12.8. The third kappa shape index (κ3) is 8.72. The standard InChI is InChI=1S/C40H44N10O3/c1-25-31(7-5-9-33(25)48-39-37-29(11-13-44-39)17-27(21-46-37)19-42-23-35(52)41-3)32-8-6-10-34(26(32)2)49-40-38-30(12-14-45-40)18-28(22-47-38)20-43-24-36(53)50(4)15-16-51/h5-14,17-18,21-22,42-43,51H,15-16,19-20,23-24H2,1-4H3,(H,41,52)(H,44,48)(H,45,49). The summed E-state index contributed by atoms with van der Waals surface area (Å²) in [7, 11) is 3.29. The molecule has 2 amide bonds. The molecule has 6 N–H and O–H groups in total. The van der Waals surface area contributed by atoms with E-state index in [1.807, 2.05) is 42.5 Å². The molecule has 0 unspecified atom stereocenters. The van der Waals surface area contributed by atoms with Gasteiger partial charge in [0.1, 0.15) is 11.0 Å². The van der Waals surface area contributed by atoms with E-state index in [1.54, 1.807) is 38.9 Å². The molecule has 0 fully saturated rings. The Labute approximate surface area is 308 Å². The monoisotopic (exact) mass is 712 g/mol. The van der Waals surface area contributed by atoms with Crippen LogP contribution in [0.3, 0.4) is 0 Å². The Kier molecular flexibility index (Phi) is 11.8. The van der Waals surface area contributed by atoms with Crippen LogP contribution in [0.1, 0.15) is 22.3 Å². The highest BCUT2D eigenvalue weighted by Gasteiger charge is 2.15. The number of aliphatic hydroxyl groups excluding tert-OH is 1. The van der Waals surface area contributed by atoms with Gasteiger partial charge in [-0.3, -0.25) is 19.6 Å². The lowest BCUT2D eigenvalue weighted by Crippen LogP contribution is -2.36. The van der Waals surface area contributed by atoms with Crippen molar-refractivity contribution in [3.05, 3.63) is 108 Å². The number of hydrogen-bond donors (Lipinski definition) is 6. The Balaban J connectivity index is 1.19. The Morgan fingerprint density at radius 1 is 0.717 bits per heavy atom. The Bertz CT molecular complexity index is 2260. The highest BCUT2D eigenvalue weighted by molar-refractivity contribution is 5.93. The van der Waals surface area contributed by atoms with E-state index in [1.165, 1.54) is 4.90 Å². The van der Waals surface area contributed by atoms with Crippen molar-refractivity contribution < 1.29 is 14.7 Å². The molecule has 0 aliphatic rings. The zero-order chi connectivity index (χ0) is 37.3. The maximum Gasteiger partial charge on any atom is 0.236 e. The first-order chi connectivity index (χ1) is 25.7. The van der Waals surface area contributed by atoms with Crippen molar-refractivity contribution in [2.45, 2.75) is 26.9 Å². The summed E-state index contributed by atoms with van der Waals surface area (Å²) in [6.07, 6.45) is 7.13. The van der Waals surface area contributed by atoms with Gasteiger partial charge in [-0.2, -0.15) is 0 Å². The van der Waals surface area contributed by atoms with E-state index in [9.17, 15) is 9.59 Å². The van der Waals surface area contributed by atoms with Gasteiger partial charge in [-0.25, -0.2) is 9.97 Å². The molecule has 6 aromatic rings. The molecule has 4 heterocycles. The quantitative estimate of drug-likeness (QED) is 0.0872. The lowest BCUT2D eigenvalue weighted by Gasteiger charge is -2.18. The first kappa shape index (κ1) is 36.8. The van der Waals surface area contributed by atoms with E-state index in [4.69, 9.17) is 15.1 Å². The molecule has 0 spiro atoms. The zero-order valence-electron chi connectivity index (χ0n) is 30.3. The fraction of sp³-hybridized carbons (Fsp3) is 0.250. The van der Waals surface area contributed by atoms with Gasteiger partial charge >= 0.3 is 0 Å². The number of fused-ring (bicyclic) bond motifs is 2. The van der Waals surface area contributed by atoms with Crippen molar-refractivity contribution in [1.29, 1.82) is 0 Å². The number of likely N-dealkylation sites (N-methyl/N-ethyl adjacent to an activating group) is 2. The van der Waals surface area contributed by atoms with Gasteiger partial charge in [-0.1, -0.05) is 24.3 Å². The minimum absolute atomic E-state index is 0.0664. The lowest BCUT2D eigenvalue weighted by atomic mass is 9.94. The summed E-state index contributed by atoms with van der Waals surface area (Å²) in [5, 5.41) is 26.9. The molecule has 4 aromatic heterocycles. The van der Waals surface area contributed by atoms with Crippen LogP contribution in [0.25, 0.3) is 32.9 Å². The normalized spacial score (nSPS) is 11.1. The summed E-state index contributed by atoms with van der Waals surface area (Å²) in [5.41, 5.74) is 9.54. The van der Waals surface area contributed by atoms with Crippen molar-refractivity contribution in [2.75, 3.05) is 51.0 Å². The predicted molar refractivity (Wildman–Crippen MR) is 209 cm³/mol. The van der Waals surface area contributed by atoms with Crippen molar-refractivity contribution in [1.82, 2.24) is 40.8 Å². The molecule has 0 aliphatic heterocycles. The molecular formula is C40H44N10O3. The number of carbonyl (C=O) groups is 2. The van der Waals surface area contributed by atoms with Crippen LogP contribution in [0.2, 0.25) is 0 Å². The van der Waals surface area contributed by atoms with Gasteiger partial charge in [0.25, 0.3) is 0 Å². The SMILES string of the molecule is CNC(=O)CNCc1cnc2c(Nc3cccc(-c4cccc(Nc5nccc6cc(CNCC(=O)N(C)CCO)cnc56)c4C)c3C)nccc2c1. The van der Waals surface area contributed by atoms with Crippen molar-refractivity contribution in [3.63, 3.8) is 0 Å². The summed E-state index contributed by atoms with van der Waals surface area (Å²) in [6, 6.07) is 20.3. The fourth-order valence-corrected chi connectivity index (χ4v) is 6.10. The number of aromatic nitrogens is 4. The van der Waals surface area contributed by atoms with Crippen molar-refractivity contribution >= 4 is 56.6 Å². The second-order valence-electron chi connectivity index (χ2n) is 12.8. The topological polar surface area (TPSA) is 169 Å². The second kappa shape index (κ2) is 17.0. The molecular weight excluding hydrogens is 669 g/mol. The van der Waals surface area contributed by atoms with Crippen LogP contribution in [0.15, 0.2) is 85.5 Å². The van der Waals surface area contributed by atoms with Gasteiger partial charge < -0.3 is 36.6 Å². The van der Waals surface area contributed by atoms with E-state index in [0.29, 0.717) is 31.3 Å². The highest BCUT2D eigenvalue weighted by atomic mass is 16.3. The van der Waals surface area contributed by atoms with Crippen LogP contribution >= 0.6 is 0 Å². The average Bonchev–Trinajstić information content (AvgIpc) is 3.16. The minimum atomic E-state index is -0.0846. The number of hydrogen-bond acceptors (Lipinski definition) is 11. The molecule has 53 heavy (non-hydrogen) atoms. The first-order valence-corrected chi connectivity index (χ1v) is 17.4. The number of benzene rings is 2. The molecule has 0 saturated carbocycles. The van der Waals surface area contributed by atoms with E-state index < -0.39 is 0 Å². The van der Waals surface area contributed by atoms with Crippen molar-refractivity contribution in [2.24, 2.45) is 0 Å². The summed E-state index contributed by atoms with van der Waals surface area (Å²) in [4.78, 5) is 44.0.